The first-order chi connectivity index (χ1) is 10.1. The molecule has 5 nitrogen and oxygen atoms in total. The van der Waals surface area contributed by atoms with Crippen LogP contribution in [0.4, 0.5) is 0 Å². The van der Waals surface area contributed by atoms with Crippen molar-refractivity contribution in [3.8, 4) is 11.4 Å². The van der Waals surface area contributed by atoms with Gasteiger partial charge in [0.05, 0.1) is 6.10 Å². The third kappa shape index (κ3) is 4.14. The quantitative estimate of drug-likeness (QED) is 0.625. The summed E-state index contributed by atoms with van der Waals surface area (Å²) in [4.78, 5) is 15.6. The van der Waals surface area contributed by atoms with Gasteiger partial charge in [-0.15, -0.1) is 5.10 Å². The van der Waals surface area contributed by atoms with E-state index in [9.17, 15) is 4.79 Å². The van der Waals surface area contributed by atoms with Crippen LogP contribution in [0, 0.1) is 0 Å². The molecule has 2 aromatic rings. The van der Waals surface area contributed by atoms with Crippen molar-refractivity contribution in [3.05, 3.63) is 48.8 Å². The molecule has 2 rings (SSSR count). The Labute approximate surface area is 123 Å². The van der Waals surface area contributed by atoms with Crippen molar-refractivity contribution >= 4 is 18.2 Å². The molecule has 0 aliphatic heterocycles. The van der Waals surface area contributed by atoms with E-state index in [4.69, 9.17) is 4.74 Å². The van der Waals surface area contributed by atoms with Gasteiger partial charge in [-0.25, -0.2) is 14.5 Å². The highest BCUT2D eigenvalue weighted by atomic mass is 16.5. The third-order valence-electron chi connectivity index (χ3n) is 2.60. The molecule has 0 atom stereocenters. The van der Waals surface area contributed by atoms with E-state index in [0.717, 1.165) is 11.1 Å². The molecular weight excluding hydrogens is 266 g/mol. The fourth-order valence-electron chi connectivity index (χ4n) is 1.69. The summed E-state index contributed by atoms with van der Waals surface area (Å²) in [5.41, 5.74) is 1.89. The first kappa shape index (κ1) is 14.7. The Kier molecular flexibility index (Phi) is 4.66. The van der Waals surface area contributed by atoms with Gasteiger partial charge < -0.3 is 4.74 Å². The van der Waals surface area contributed by atoms with Crippen LogP contribution in [0.1, 0.15) is 19.4 Å². The fraction of sp³-hybridized carbons (Fsp3) is 0.188. The number of carbonyl (C=O) groups is 1. The molecule has 0 saturated heterocycles. The minimum absolute atomic E-state index is 0.143. The number of benzene rings is 1. The van der Waals surface area contributed by atoms with Crippen LogP contribution in [0.5, 0.6) is 0 Å². The molecule has 0 unspecified atom stereocenters. The van der Waals surface area contributed by atoms with Gasteiger partial charge in [-0.3, -0.25) is 0 Å². The maximum atomic E-state index is 11.4. The first-order valence-corrected chi connectivity index (χ1v) is 6.61. The van der Waals surface area contributed by atoms with Gasteiger partial charge in [0.15, 0.2) is 5.82 Å². The van der Waals surface area contributed by atoms with E-state index in [0.29, 0.717) is 5.82 Å². The van der Waals surface area contributed by atoms with E-state index >= 15 is 0 Å². The van der Waals surface area contributed by atoms with Gasteiger partial charge in [0.1, 0.15) is 6.33 Å². The van der Waals surface area contributed by atoms with Gasteiger partial charge in [-0.05, 0) is 25.5 Å². The van der Waals surface area contributed by atoms with Crippen molar-refractivity contribution in [2.75, 3.05) is 0 Å². The Bertz CT molecular complexity index is 672. The predicted octanol–water partition coefficient (Wildman–Crippen LogP) is 3.01. The maximum absolute atomic E-state index is 11.4. The van der Waals surface area contributed by atoms with E-state index in [1.165, 1.54) is 23.3 Å². The Hall–Kier alpha value is -2.69. The lowest BCUT2D eigenvalue weighted by Crippen LogP contribution is -2.08. The lowest BCUT2D eigenvalue weighted by Gasteiger charge is -2.03. The average molecular weight is 283 g/mol. The molecule has 0 bridgehead atoms. The molecule has 108 valence electrons. The molecule has 1 aromatic heterocycles. The molecule has 1 aromatic carbocycles. The monoisotopic (exact) mass is 283 g/mol. The molecule has 0 radical (unpaired) electrons. The zero-order valence-corrected chi connectivity index (χ0v) is 12.1. The number of hydrogen-bond acceptors (Lipinski definition) is 4. The summed E-state index contributed by atoms with van der Waals surface area (Å²) in [6.07, 6.45) is 5.99. The number of nitrogens with zero attached hydrogens (tertiary/aromatic N) is 3. The van der Waals surface area contributed by atoms with Gasteiger partial charge in [0.25, 0.3) is 0 Å². The molecule has 0 aliphatic rings. The summed E-state index contributed by atoms with van der Waals surface area (Å²) >= 11 is 0. The highest BCUT2D eigenvalue weighted by molar-refractivity contribution is 5.85. The van der Waals surface area contributed by atoms with Crippen LogP contribution in [-0.4, -0.2) is 26.8 Å². The molecule has 0 aliphatic carbocycles. The van der Waals surface area contributed by atoms with Crippen molar-refractivity contribution in [2.24, 2.45) is 0 Å². The zero-order valence-electron chi connectivity index (χ0n) is 12.1. The highest BCUT2D eigenvalue weighted by Gasteiger charge is 2.04. The van der Waals surface area contributed by atoms with Crippen molar-refractivity contribution < 1.29 is 9.53 Å². The van der Waals surface area contributed by atoms with Crippen molar-refractivity contribution in [3.63, 3.8) is 0 Å². The number of ether oxygens (including phenoxy) is 1. The van der Waals surface area contributed by atoms with Crippen LogP contribution in [0.25, 0.3) is 23.7 Å². The van der Waals surface area contributed by atoms with Crippen molar-refractivity contribution in [2.45, 2.75) is 20.0 Å². The smallest absolute Gasteiger partial charge is 0.332 e. The molecule has 0 N–H and O–H groups in total. The molecule has 1 heterocycles. The van der Waals surface area contributed by atoms with E-state index in [-0.39, 0.29) is 6.10 Å². The van der Waals surface area contributed by atoms with Gasteiger partial charge in [-0.1, -0.05) is 30.9 Å². The normalized spacial score (nSPS) is 11.0. The standard InChI is InChI=1S/C16H17N3O2/c1-4-13-6-5-7-14(10-13)16-17-11-19(18-16)9-8-15(20)21-12(2)3/h4-12H,1H2,2-3H3/b9-8-. The van der Waals surface area contributed by atoms with Crippen LogP contribution in [-0.2, 0) is 9.53 Å². The van der Waals surface area contributed by atoms with Gasteiger partial charge in [0.2, 0.25) is 0 Å². The Morgan fingerprint density at radius 1 is 1.43 bits per heavy atom. The minimum Gasteiger partial charge on any atom is -0.460 e. The molecule has 21 heavy (non-hydrogen) atoms. The van der Waals surface area contributed by atoms with E-state index in [1.807, 2.05) is 24.3 Å². The van der Waals surface area contributed by atoms with Gasteiger partial charge in [-0.2, -0.15) is 0 Å². The largest absolute Gasteiger partial charge is 0.460 e. The highest BCUT2D eigenvalue weighted by Crippen LogP contribution is 2.16. The molecule has 0 spiro atoms. The summed E-state index contributed by atoms with van der Waals surface area (Å²) in [5, 5.41) is 4.28. The van der Waals surface area contributed by atoms with Gasteiger partial charge >= 0.3 is 5.97 Å². The van der Waals surface area contributed by atoms with E-state index in [1.54, 1.807) is 19.9 Å². The Morgan fingerprint density at radius 3 is 2.95 bits per heavy atom. The molecule has 0 amide bonds. The summed E-state index contributed by atoms with van der Waals surface area (Å²) in [6.45, 7) is 7.33. The summed E-state index contributed by atoms with van der Waals surface area (Å²) in [6, 6.07) is 7.74. The van der Waals surface area contributed by atoms with Crippen LogP contribution in [0.15, 0.2) is 43.2 Å². The lowest BCUT2D eigenvalue weighted by atomic mass is 10.1. The zero-order chi connectivity index (χ0) is 15.2. The minimum atomic E-state index is -0.407. The predicted molar refractivity (Wildman–Crippen MR) is 82.1 cm³/mol. The average Bonchev–Trinajstić information content (AvgIpc) is 2.93. The maximum Gasteiger partial charge on any atom is 0.332 e. The summed E-state index contributed by atoms with van der Waals surface area (Å²) in [7, 11) is 0. The number of rotatable bonds is 5. The van der Waals surface area contributed by atoms with Crippen LogP contribution < -0.4 is 0 Å². The molecular formula is C16H17N3O2. The SMILES string of the molecule is C=Cc1cccc(-c2ncn(/C=C\C(=O)OC(C)C)n2)c1. The van der Waals surface area contributed by atoms with Gasteiger partial charge in [0, 0.05) is 17.8 Å². The van der Waals surface area contributed by atoms with Crippen LogP contribution in [0.2, 0.25) is 0 Å². The van der Waals surface area contributed by atoms with Crippen molar-refractivity contribution in [1.82, 2.24) is 14.8 Å². The number of esters is 1. The lowest BCUT2D eigenvalue weighted by molar-refractivity contribution is -0.141. The number of aromatic nitrogens is 3. The second-order valence-electron chi connectivity index (χ2n) is 4.68. The summed E-state index contributed by atoms with van der Waals surface area (Å²) < 4.78 is 6.47. The van der Waals surface area contributed by atoms with E-state index < -0.39 is 5.97 Å². The van der Waals surface area contributed by atoms with Crippen LogP contribution in [0.3, 0.4) is 0 Å². The fourth-order valence-corrected chi connectivity index (χ4v) is 1.69. The first-order valence-electron chi connectivity index (χ1n) is 6.61. The van der Waals surface area contributed by atoms with E-state index in [2.05, 4.69) is 16.7 Å². The molecule has 5 heteroatoms. The Morgan fingerprint density at radius 2 is 2.24 bits per heavy atom. The number of hydrogen-bond donors (Lipinski definition) is 0. The summed E-state index contributed by atoms with van der Waals surface area (Å²) in [5.74, 6) is 0.177. The molecule has 0 saturated carbocycles. The number of carbonyl (C=O) groups excluding carboxylic acids is 1. The second-order valence-corrected chi connectivity index (χ2v) is 4.68. The third-order valence-corrected chi connectivity index (χ3v) is 2.60. The Balaban J connectivity index is 2.12. The van der Waals surface area contributed by atoms with Crippen molar-refractivity contribution in [1.29, 1.82) is 0 Å². The van der Waals surface area contributed by atoms with Crippen LogP contribution >= 0.6 is 0 Å². The topological polar surface area (TPSA) is 57.0 Å². The molecule has 0 fully saturated rings. The second kappa shape index (κ2) is 6.65.